The number of rotatable bonds is 13. The topological polar surface area (TPSA) is 30.5 Å². The van der Waals surface area contributed by atoms with Crippen LogP contribution < -0.4 is 14.8 Å². The van der Waals surface area contributed by atoms with Gasteiger partial charge in [-0.3, -0.25) is 0 Å². The number of benzene rings is 1. The zero-order chi connectivity index (χ0) is 22.5. The Morgan fingerprint density at radius 2 is 1.34 bits per heavy atom. The molecule has 1 aliphatic rings. The summed E-state index contributed by atoms with van der Waals surface area (Å²) in [6.45, 7) is 13.1. The summed E-state index contributed by atoms with van der Waals surface area (Å²) in [5.41, 5.74) is 7.09. The van der Waals surface area contributed by atoms with Gasteiger partial charge in [0.15, 0.2) is 11.5 Å². The smallest absolute Gasteiger partial charge is 0.231 e. The molecule has 1 N–H and O–H groups in total. The molecule has 0 aliphatic carbocycles. The summed E-state index contributed by atoms with van der Waals surface area (Å²) in [5.74, 6) is 1.69. The van der Waals surface area contributed by atoms with Crippen LogP contribution in [0.15, 0.2) is 64.8 Å². The van der Waals surface area contributed by atoms with Crippen molar-refractivity contribution in [1.29, 1.82) is 0 Å². The predicted molar refractivity (Wildman–Crippen MR) is 140 cm³/mol. The maximum Gasteiger partial charge on any atom is 0.231 e. The molecule has 0 unspecified atom stereocenters. The Morgan fingerprint density at radius 1 is 0.781 bits per heavy atom. The Labute approximate surface area is 202 Å². The van der Waals surface area contributed by atoms with Crippen molar-refractivity contribution in [3.63, 3.8) is 0 Å². The van der Waals surface area contributed by atoms with E-state index in [2.05, 4.69) is 76.4 Å². The van der Waals surface area contributed by atoms with Gasteiger partial charge in [0.25, 0.3) is 0 Å². The van der Waals surface area contributed by atoms with Crippen LogP contribution in [0.25, 0.3) is 0 Å². The fourth-order valence-corrected chi connectivity index (χ4v) is 3.50. The van der Waals surface area contributed by atoms with E-state index in [-0.39, 0.29) is 12.4 Å². The van der Waals surface area contributed by atoms with Crippen LogP contribution in [-0.4, -0.2) is 13.3 Å². The number of hydrogen-bond donors (Lipinski definition) is 1. The van der Waals surface area contributed by atoms with Crippen molar-refractivity contribution in [1.82, 2.24) is 5.32 Å². The third-order valence-corrected chi connectivity index (χ3v) is 5.52. The Morgan fingerprint density at radius 3 is 1.97 bits per heavy atom. The van der Waals surface area contributed by atoms with Crippen molar-refractivity contribution < 1.29 is 9.47 Å². The van der Waals surface area contributed by atoms with Crippen molar-refractivity contribution >= 4 is 12.4 Å². The number of fused-ring (bicyclic) bond motifs is 1. The molecule has 0 aromatic heterocycles. The highest BCUT2D eigenvalue weighted by molar-refractivity contribution is 5.85. The summed E-state index contributed by atoms with van der Waals surface area (Å²) in [6.07, 6.45) is 16.4. The van der Waals surface area contributed by atoms with Gasteiger partial charge >= 0.3 is 0 Å². The van der Waals surface area contributed by atoms with Gasteiger partial charge in [0.1, 0.15) is 0 Å². The van der Waals surface area contributed by atoms with Crippen LogP contribution in [0.5, 0.6) is 11.5 Å². The minimum Gasteiger partial charge on any atom is -0.454 e. The van der Waals surface area contributed by atoms with Crippen LogP contribution in [0.4, 0.5) is 0 Å². The first-order valence-corrected chi connectivity index (χ1v) is 11.6. The number of hydrogen-bond acceptors (Lipinski definition) is 3. The Bertz CT molecular complexity index is 817. The lowest BCUT2D eigenvalue weighted by Gasteiger charge is -2.05. The Hall–Kier alpha value is -1.97. The predicted octanol–water partition coefficient (Wildman–Crippen LogP) is 8.07. The van der Waals surface area contributed by atoms with E-state index in [1.54, 1.807) is 0 Å². The van der Waals surface area contributed by atoms with Crippen molar-refractivity contribution in [3.05, 3.63) is 70.4 Å². The van der Waals surface area contributed by atoms with Crippen molar-refractivity contribution in [2.75, 3.05) is 13.3 Å². The van der Waals surface area contributed by atoms with Gasteiger partial charge < -0.3 is 14.8 Å². The van der Waals surface area contributed by atoms with Gasteiger partial charge in [-0.15, -0.1) is 12.4 Å². The molecular formula is C28H42ClNO2. The van der Waals surface area contributed by atoms with Crippen LogP contribution >= 0.6 is 12.4 Å². The largest absolute Gasteiger partial charge is 0.454 e. The van der Waals surface area contributed by atoms with Crippen molar-refractivity contribution in [3.8, 4) is 11.5 Å². The van der Waals surface area contributed by atoms with Crippen LogP contribution in [0, 0.1) is 0 Å². The molecule has 0 amide bonds. The fourth-order valence-electron chi connectivity index (χ4n) is 3.50. The van der Waals surface area contributed by atoms with Crippen LogP contribution in [0.3, 0.4) is 0 Å². The molecule has 0 saturated carbocycles. The van der Waals surface area contributed by atoms with E-state index in [9.17, 15) is 0 Å². The van der Waals surface area contributed by atoms with E-state index < -0.39 is 0 Å². The lowest BCUT2D eigenvalue weighted by Crippen LogP contribution is -2.13. The van der Waals surface area contributed by atoms with Gasteiger partial charge in [-0.1, -0.05) is 52.7 Å². The molecule has 178 valence electrons. The lowest BCUT2D eigenvalue weighted by atomic mass is 10.0. The summed E-state index contributed by atoms with van der Waals surface area (Å²) in [4.78, 5) is 0. The van der Waals surface area contributed by atoms with Gasteiger partial charge in [0.05, 0.1) is 0 Å². The number of allylic oxidation sites excluding steroid dienone is 7. The van der Waals surface area contributed by atoms with Gasteiger partial charge in [0, 0.05) is 13.1 Å². The Balaban J connectivity index is 0.00000512. The van der Waals surface area contributed by atoms with E-state index in [0.717, 1.165) is 50.3 Å². The normalized spacial score (nSPS) is 13.7. The molecule has 2 rings (SSSR count). The van der Waals surface area contributed by atoms with E-state index in [1.165, 1.54) is 40.7 Å². The molecule has 0 saturated heterocycles. The minimum atomic E-state index is 0. The summed E-state index contributed by atoms with van der Waals surface area (Å²) in [6, 6.07) is 6.13. The summed E-state index contributed by atoms with van der Waals surface area (Å²) >= 11 is 0. The molecule has 0 spiro atoms. The molecule has 0 bridgehead atoms. The summed E-state index contributed by atoms with van der Waals surface area (Å²) < 4.78 is 10.8. The third kappa shape index (κ3) is 11.6. The highest BCUT2D eigenvalue weighted by Gasteiger charge is 2.12. The number of halogens is 1. The van der Waals surface area contributed by atoms with E-state index in [1.807, 2.05) is 6.07 Å². The highest BCUT2D eigenvalue weighted by atomic mass is 35.5. The van der Waals surface area contributed by atoms with Gasteiger partial charge in [-0.25, -0.2) is 0 Å². The molecule has 1 heterocycles. The quantitative estimate of drug-likeness (QED) is 0.239. The number of nitrogens with one attached hydrogen (secondary N) is 1. The van der Waals surface area contributed by atoms with E-state index in [4.69, 9.17) is 9.47 Å². The first-order valence-electron chi connectivity index (χ1n) is 11.6. The zero-order valence-corrected chi connectivity index (χ0v) is 21.4. The second-order valence-corrected chi connectivity index (χ2v) is 8.87. The fraction of sp³-hybridized carbons (Fsp3) is 0.500. The molecule has 1 aromatic carbocycles. The Kier molecular flexibility index (Phi) is 13.8. The van der Waals surface area contributed by atoms with E-state index in [0.29, 0.717) is 6.79 Å². The molecule has 3 nitrogen and oxygen atoms in total. The first-order chi connectivity index (χ1) is 14.9. The maximum atomic E-state index is 5.43. The standard InChI is InChI=1S/C28H41NO2.ClH/c1-22(2)9-6-10-23(3)11-7-12-24(4)13-8-14-25(5)17-18-29-20-26-15-16-27-28(19-26)31-21-30-27;/h9,11,13,15-17,19,29H,6-8,10,12,14,18,20-21H2,1-5H3;1H. The average Bonchev–Trinajstić information content (AvgIpc) is 3.19. The maximum absolute atomic E-state index is 5.43. The first kappa shape index (κ1) is 28.1. The highest BCUT2D eigenvalue weighted by Crippen LogP contribution is 2.32. The van der Waals surface area contributed by atoms with Crippen LogP contribution in [-0.2, 0) is 6.54 Å². The van der Waals surface area contributed by atoms with Gasteiger partial charge in [0.2, 0.25) is 6.79 Å². The number of ether oxygens (including phenoxy) is 2. The molecule has 0 atom stereocenters. The lowest BCUT2D eigenvalue weighted by molar-refractivity contribution is 0.174. The SMILES string of the molecule is CC(C)=CCCC(C)=CCCC(C)=CCCC(C)=CCNCc1ccc2c(c1)OCO2.Cl. The third-order valence-electron chi connectivity index (χ3n) is 5.52. The molecule has 1 aromatic rings. The molecule has 4 heteroatoms. The zero-order valence-electron chi connectivity index (χ0n) is 20.6. The molecule has 0 radical (unpaired) electrons. The van der Waals surface area contributed by atoms with E-state index >= 15 is 0 Å². The second kappa shape index (κ2) is 15.8. The van der Waals surface area contributed by atoms with Crippen molar-refractivity contribution in [2.45, 2.75) is 79.7 Å². The summed E-state index contributed by atoms with van der Waals surface area (Å²) in [5, 5.41) is 3.48. The average molecular weight is 460 g/mol. The molecule has 32 heavy (non-hydrogen) atoms. The minimum absolute atomic E-state index is 0. The van der Waals surface area contributed by atoms with Gasteiger partial charge in [-0.2, -0.15) is 0 Å². The molecule has 1 aliphatic heterocycles. The van der Waals surface area contributed by atoms with Crippen LogP contribution in [0.1, 0.15) is 78.7 Å². The summed E-state index contributed by atoms with van der Waals surface area (Å²) in [7, 11) is 0. The monoisotopic (exact) mass is 459 g/mol. The second-order valence-electron chi connectivity index (χ2n) is 8.87. The van der Waals surface area contributed by atoms with Gasteiger partial charge in [-0.05, 0) is 90.8 Å². The van der Waals surface area contributed by atoms with Crippen molar-refractivity contribution in [2.24, 2.45) is 0 Å². The molecular weight excluding hydrogens is 418 g/mol. The molecule has 0 fully saturated rings. The van der Waals surface area contributed by atoms with Crippen LogP contribution in [0.2, 0.25) is 0 Å².